The molecule has 2 nitrogen and oxygen atoms in total. The zero-order valence-corrected chi connectivity index (χ0v) is 10.9. The second-order valence-electron chi connectivity index (χ2n) is 6.30. The maximum Gasteiger partial charge on any atom is 0.137 e. The topological polar surface area (TPSA) is 20.3 Å². The molecule has 0 N–H and O–H groups in total. The van der Waals surface area contributed by atoms with E-state index >= 15 is 0 Å². The maximum atomic E-state index is 11.9. The first-order valence-corrected chi connectivity index (χ1v) is 7.61. The van der Waals surface area contributed by atoms with E-state index in [1.54, 1.807) is 0 Å². The van der Waals surface area contributed by atoms with Gasteiger partial charge in [0.1, 0.15) is 5.78 Å². The predicted molar refractivity (Wildman–Crippen MR) is 68.9 cm³/mol. The molecule has 0 aromatic rings. The van der Waals surface area contributed by atoms with E-state index < -0.39 is 0 Å². The molecule has 2 saturated carbocycles. The highest BCUT2D eigenvalue weighted by Gasteiger charge is 2.37. The van der Waals surface area contributed by atoms with Crippen LogP contribution in [0.15, 0.2) is 0 Å². The molecule has 0 aromatic carbocycles. The second kappa shape index (κ2) is 5.09. The molecule has 3 aliphatic rings. The average Bonchev–Trinajstić information content (AvgIpc) is 2.76. The van der Waals surface area contributed by atoms with Crippen LogP contribution in [0.5, 0.6) is 0 Å². The Hall–Kier alpha value is -0.370. The van der Waals surface area contributed by atoms with Crippen molar-refractivity contribution in [2.45, 2.75) is 63.8 Å². The Balaban J connectivity index is 1.59. The summed E-state index contributed by atoms with van der Waals surface area (Å²) >= 11 is 0. The van der Waals surface area contributed by atoms with Crippen molar-refractivity contribution in [2.75, 3.05) is 13.1 Å². The van der Waals surface area contributed by atoms with Crippen molar-refractivity contribution in [1.29, 1.82) is 0 Å². The summed E-state index contributed by atoms with van der Waals surface area (Å²) in [6, 6.07) is 0.832. The van der Waals surface area contributed by atoms with Crippen LogP contribution in [-0.2, 0) is 4.79 Å². The molecule has 0 radical (unpaired) electrons. The van der Waals surface area contributed by atoms with Crippen molar-refractivity contribution in [3.8, 4) is 0 Å². The van der Waals surface area contributed by atoms with Crippen LogP contribution >= 0.6 is 0 Å². The molecule has 3 fully saturated rings. The van der Waals surface area contributed by atoms with Gasteiger partial charge >= 0.3 is 0 Å². The highest BCUT2D eigenvalue weighted by molar-refractivity contribution is 5.81. The van der Waals surface area contributed by atoms with Gasteiger partial charge in [-0.3, -0.25) is 9.69 Å². The van der Waals surface area contributed by atoms with Crippen molar-refractivity contribution in [1.82, 2.24) is 4.90 Å². The third kappa shape index (κ3) is 2.42. The smallest absolute Gasteiger partial charge is 0.137 e. The van der Waals surface area contributed by atoms with Crippen LogP contribution in [-0.4, -0.2) is 29.8 Å². The van der Waals surface area contributed by atoms with Gasteiger partial charge in [0.2, 0.25) is 0 Å². The number of carbonyl (C=O) groups is 1. The van der Waals surface area contributed by atoms with E-state index in [0.29, 0.717) is 11.7 Å². The summed E-state index contributed by atoms with van der Waals surface area (Å²) in [5.74, 6) is 1.89. The zero-order chi connectivity index (χ0) is 11.7. The third-order valence-corrected chi connectivity index (χ3v) is 5.26. The SMILES string of the molecule is O=C1CCCCC1CN1CCC2CCCCC21. The van der Waals surface area contributed by atoms with Crippen molar-refractivity contribution in [3.63, 3.8) is 0 Å². The number of ketones is 1. The van der Waals surface area contributed by atoms with E-state index in [-0.39, 0.29) is 0 Å². The first kappa shape index (κ1) is 11.7. The van der Waals surface area contributed by atoms with Crippen LogP contribution < -0.4 is 0 Å². The molecule has 1 aliphatic heterocycles. The van der Waals surface area contributed by atoms with Gasteiger partial charge in [0.25, 0.3) is 0 Å². The minimum atomic E-state index is 0.379. The van der Waals surface area contributed by atoms with E-state index in [1.165, 1.54) is 45.1 Å². The van der Waals surface area contributed by atoms with E-state index in [4.69, 9.17) is 0 Å². The minimum absolute atomic E-state index is 0.379. The molecule has 0 aromatic heterocycles. The van der Waals surface area contributed by atoms with Gasteiger partial charge in [-0.25, -0.2) is 0 Å². The van der Waals surface area contributed by atoms with E-state index in [2.05, 4.69) is 4.90 Å². The number of carbonyl (C=O) groups excluding carboxylic acids is 1. The quantitative estimate of drug-likeness (QED) is 0.733. The second-order valence-corrected chi connectivity index (χ2v) is 6.30. The van der Waals surface area contributed by atoms with Gasteiger partial charge in [-0.15, -0.1) is 0 Å². The minimum Gasteiger partial charge on any atom is -0.299 e. The monoisotopic (exact) mass is 235 g/mol. The normalized spacial score (nSPS) is 39.3. The fourth-order valence-corrected chi connectivity index (χ4v) is 4.26. The highest BCUT2D eigenvalue weighted by atomic mass is 16.1. The number of rotatable bonds is 2. The first-order valence-electron chi connectivity index (χ1n) is 7.61. The highest BCUT2D eigenvalue weighted by Crippen LogP contribution is 2.37. The molecular formula is C15H25NO. The Morgan fingerprint density at radius 2 is 1.82 bits per heavy atom. The van der Waals surface area contributed by atoms with Crippen LogP contribution in [0.3, 0.4) is 0 Å². The summed E-state index contributed by atoms with van der Waals surface area (Å²) in [4.78, 5) is 14.6. The fourth-order valence-electron chi connectivity index (χ4n) is 4.26. The molecule has 0 spiro atoms. The molecule has 2 aliphatic carbocycles. The Labute approximate surface area is 105 Å². The lowest BCUT2D eigenvalue weighted by Gasteiger charge is -2.34. The van der Waals surface area contributed by atoms with Gasteiger partial charge < -0.3 is 0 Å². The molecule has 3 unspecified atom stereocenters. The van der Waals surface area contributed by atoms with Gasteiger partial charge in [0.15, 0.2) is 0 Å². The lowest BCUT2D eigenvalue weighted by Crippen LogP contribution is -2.40. The Morgan fingerprint density at radius 3 is 2.71 bits per heavy atom. The number of Topliss-reactive ketones (excluding diaryl/α,β-unsaturated/α-hetero) is 1. The van der Waals surface area contributed by atoms with Crippen molar-refractivity contribution in [3.05, 3.63) is 0 Å². The lowest BCUT2D eigenvalue weighted by atomic mass is 9.84. The summed E-state index contributed by atoms with van der Waals surface area (Å²) in [7, 11) is 0. The zero-order valence-electron chi connectivity index (χ0n) is 10.9. The van der Waals surface area contributed by atoms with Crippen molar-refractivity contribution >= 4 is 5.78 Å². The molecule has 3 atom stereocenters. The maximum absolute atomic E-state index is 11.9. The molecule has 17 heavy (non-hydrogen) atoms. The van der Waals surface area contributed by atoms with E-state index in [1.807, 2.05) is 0 Å². The van der Waals surface area contributed by atoms with Gasteiger partial charge in [-0.2, -0.15) is 0 Å². The summed E-state index contributed by atoms with van der Waals surface area (Å²) in [5.41, 5.74) is 0. The number of hydrogen-bond acceptors (Lipinski definition) is 2. The van der Waals surface area contributed by atoms with Crippen LogP contribution in [0, 0.1) is 11.8 Å². The standard InChI is InChI=1S/C15H25NO/c17-15-8-4-2-6-13(15)11-16-10-9-12-5-1-3-7-14(12)16/h12-14H,1-11H2. The molecule has 2 heteroatoms. The number of fused-ring (bicyclic) bond motifs is 1. The predicted octanol–water partition coefficient (Wildman–Crippen LogP) is 3.01. The summed E-state index contributed by atoms with van der Waals surface area (Å²) in [6.07, 6.45) is 11.5. The summed E-state index contributed by atoms with van der Waals surface area (Å²) < 4.78 is 0. The van der Waals surface area contributed by atoms with Crippen molar-refractivity contribution < 1.29 is 4.79 Å². The summed E-state index contributed by atoms with van der Waals surface area (Å²) in [6.45, 7) is 2.35. The van der Waals surface area contributed by atoms with E-state index in [0.717, 1.165) is 37.8 Å². The van der Waals surface area contributed by atoms with Crippen molar-refractivity contribution in [2.24, 2.45) is 11.8 Å². The number of nitrogens with zero attached hydrogens (tertiary/aromatic N) is 1. The Kier molecular flexibility index (Phi) is 3.51. The van der Waals surface area contributed by atoms with Crippen LogP contribution in [0.25, 0.3) is 0 Å². The molecular weight excluding hydrogens is 210 g/mol. The average molecular weight is 235 g/mol. The lowest BCUT2D eigenvalue weighted by molar-refractivity contribution is -0.125. The van der Waals surface area contributed by atoms with Gasteiger partial charge in [0, 0.05) is 24.9 Å². The largest absolute Gasteiger partial charge is 0.299 e. The molecule has 1 saturated heterocycles. The van der Waals surface area contributed by atoms with Gasteiger partial charge in [0.05, 0.1) is 0 Å². The summed E-state index contributed by atoms with van der Waals surface area (Å²) in [5, 5.41) is 0. The Bertz CT molecular complexity index is 289. The third-order valence-electron chi connectivity index (χ3n) is 5.26. The first-order chi connectivity index (χ1) is 8.34. The fraction of sp³-hybridized carbons (Fsp3) is 0.933. The molecule has 3 rings (SSSR count). The molecule has 1 heterocycles. The molecule has 0 bridgehead atoms. The van der Waals surface area contributed by atoms with Crippen LogP contribution in [0.4, 0.5) is 0 Å². The Morgan fingerprint density at radius 1 is 1.00 bits per heavy atom. The number of hydrogen-bond donors (Lipinski definition) is 0. The van der Waals surface area contributed by atoms with Crippen LogP contribution in [0.2, 0.25) is 0 Å². The number of likely N-dealkylation sites (tertiary alicyclic amines) is 1. The molecule has 0 amide bonds. The van der Waals surface area contributed by atoms with Gasteiger partial charge in [-0.1, -0.05) is 19.3 Å². The van der Waals surface area contributed by atoms with Gasteiger partial charge in [-0.05, 0) is 44.6 Å². The van der Waals surface area contributed by atoms with Crippen LogP contribution in [0.1, 0.15) is 57.8 Å². The van der Waals surface area contributed by atoms with E-state index in [9.17, 15) is 4.79 Å². The molecule has 96 valence electrons.